The highest BCUT2D eigenvalue weighted by Crippen LogP contribution is 2.14. The Bertz CT molecular complexity index is 707. The smallest absolute Gasteiger partial charge is 0.191 e. The van der Waals surface area contributed by atoms with Crippen molar-refractivity contribution in [2.24, 2.45) is 4.99 Å². The largest absolute Gasteiger partial charge is 0.356 e. The van der Waals surface area contributed by atoms with Gasteiger partial charge >= 0.3 is 0 Å². The van der Waals surface area contributed by atoms with Crippen molar-refractivity contribution in [2.75, 3.05) is 13.6 Å². The summed E-state index contributed by atoms with van der Waals surface area (Å²) in [6, 6.07) is 6.58. The molecule has 0 bridgehead atoms. The van der Waals surface area contributed by atoms with E-state index in [1.807, 2.05) is 0 Å². The third kappa shape index (κ3) is 4.78. The number of aryl methyl sites for hydroxylation is 1. The number of halogens is 1. The van der Waals surface area contributed by atoms with Crippen molar-refractivity contribution in [1.29, 1.82) is 0 Å². The van der Waals surface area contributed by atoms with Gasteiger partial charge in [0.15, 0.2) is 11.8 Å². The SMILES string of the molecule is CN=C(NCCc1ccc(F)cc1)NCc1nnc2n1CCCCC2. The number of guanidine groups is 1. The summed E-state index contributed by atoms with van der Waals surface area (Å²) in [6.07, 6.45) is 5.45. The minimum Gasteiger partial charge on any atom is -0.356 e. The van der Waals surface area contributed by atoms with Gasteiger partial charge in [-0.3, -0.25) is 4.99 Å². The van der Waals surface area contributed by atoms with Crippen LogP contribution in [0.25, 0.3) is 0 Å². The van der Waals surface area contributed by atoms with Crippen LogP contribution in [0, 0.1) is 5.82 Å². The average Bonchev–Trinajstić information content (AvgIpc) is 2.86. The summed E-state index contributed by atoms with van der Waals surface area (Å²) in [5, 5.41) is 15.2. The Balaban J connectivity index is 1.48. The van der Waals surface area contributed by atoms with E-state index in [2.05, 4.69) is 30.4 Å². The molecule has 134 valence electrons. The summed E-state index contributed by atoms with van der Waals surface area (Å²) in [5.74, 6) is 2.57. The predicted octanol–water partition coefficient (Wildman–Crippen LogP) is 2.05. The van der Waals surface area contributed by atoms with Crippen LogP contribution in [-0.2, 0) is 25.9 Å². The minimum absolute atomic E-state index is 0.207. The molecule has 2 heterocycles. The lowest BCUT2D eigenvalue weighted by molar-refractivity contribution is 0.596. The zero-order valence-corrected chi connectivity index (χ0v) is 14.6. The van der Waals surface area contributed by atoms with Gasteiger partial charge in [-0.05, 0) is 37.0 Å². The van der Waals surface area contributed by atoms with Crippen molar-refractivity contribution in [2.45, 2.75) is 45.2 Å². The standard InChI is InChI=1S/C18H25FN6/c1-20-18(21-11-10-14-6-8-15(19)9-7-14)22-13-17-24-23-16-5-3-2-4-12-25(16)17/h6-9H,2-5,10-13H2,1H3,(H2,20,21,22). The number of hydrogen-bond acceptors (Lipinski definition) is 3. The summed E-state index contributed by atoms with van der Waals surface area (Å²) >= 11 is 0. The van der Waals surface area contributed by atoms with Crippen LogP contribution in [0.4, 0.5) is 4.39 Å². The topological polar surface area (TPSA) is 67.1 Å². The maximum absolute atomic E-state index is 12.9. The first-order chi connectivity index (χ1) is 12.3. The van der Waals surface area contributed by atoms with Gasteiger partial charge in [0, 0.05) is 26.6 Å². The van der Waals surface area contributed by atoms with Crippen LogP contribution in [0.2, 0.25) is 0 Å². The Hall–Kier alpha value is -2.44. The Kier molecular flexibility index (Phi) is 5.98. The van der Waals surface area contributed by atoms with E-state index in [1.54, 1.807) is 19.2 Å². The van der Waals surface area contributed by atoms with Crippen LogP contribution < -0.4 is 10.6 Å². The minimum atomic E-state index is -0.207. The Labute approximate surface area is 147 Å². The second-order valence-electron chi connectivity index (χ2n) is 6.22. The maximum Gasteiger partial charge on any atom is 0.191 e. The van der Waals surface area contributed by atoms with Crippen LogP contribution in [0.5, 0.6) is 0 Å². The van der Waals surface area contributed by atoms with Gasteiger partial charge in [0.1, 0.15) is 11.6 Å². The molecular formula is C18H25FN6. The first-order valence-corrected chi connectivity index (χ1v) is 8.86. The van der Waals surface area contributed by atoms with Gasteiger partial charge in [0.2, 0.25) is 0 Å². The van der Waals surface area contributed by atoms with E-state index in [9.17, 15) is 4.39 Å². The van der Waals surface area contributed by atoms with Crippen LogP contribution in [0.3, 0.4) is 0 Å². The molecule has 1 aromatic heterocycles. The van der Waals surface area contributed by atoms with Crippen LogP contribution >= 0.6 is 0 Å². The molecule has 25 heavy (non-hydrogen) atoms. The summed E-state index contributed by atoms with van der Waals surface area (Å²) in [4.78, 5) is 4.24. The second kappa shape index (κ2) is 8.60. The number of aliphatic imine (C=N–C) groups is 1. The summed E-state index contributed by atoms with van der Waals surface area (Å²) < 4.78 is 15.1. The summed E-state index contributed by atoms with van der Waals surface area (Å²) in [7, 11) is 1.75. The average molecular weight is 344 g/mol. The molecule has 0 aliphatic carbocycles. The molecule has 0 amide bonds. The quantitative estimate of drug-likeness (QED) is 0.643. The first-order valence-electron chi connectivity index (χ1n) is 8.86. The molecule has 0 unspecified atom stereocenters. The third-order valence-electron chi connectivity index (χ3n) is 4.44. The monoisotopic (exact) mass is 344 g/mol. The maximum atomic E-state index is 12.9. The lowest BCUT2D eigenvalue weighted by Gasteiger charge is -2.12. The van der Waals surface area contributed by atoms with Gasteiger partial charge in [-0.15, -0.1) is 10.2 Å². The molecule has 2 N–H and O–H groups in total. The fourth-order valence-electron chi connectivity index (χ4n) is 3.04. The van der Waals surface area contributed by atoms with Gasteiger partial charge in [0.25, 0.3) is 0 Å². The van der Waals surface area contributed by atoms with Gasteiger partial charge in [-0.25, -0.2) is 4.39 Å². The third-order valence-corrected chi connectivity index (χ3v) is 4.44. The van der Waals surface area contributed by atoms with E-state index in [1.165, 1.54) is 31.4 Å². The van der Waals surface area contributed by atoms with Gasteiger partial charge in [-0.2, -0.15) is 0 Å². The van der Waals surface area contributed by atoms with Crippen LogP contribution in [-0.4, -0.2) is 34.3 Å². The van der Waals surface area contributed by atoms with E-state index in [4.69, 9.17) is 0 Å². The Morgan fingerprint density at radius 2 is 2.00 bits per heavy atom. The van der Waals surface area contributed by atoms with Gasteiger partial charge in [0.05, 0.1) is 6.54 Å². The summed E-state index contributed by atoms with van der Waals surface area (Å²) in [6.45, 7) is 2.32. The number of fused-ring (bicyclic) bond motifs is 1. The fraction of sp³-hybridized carbons (Fsp3) is 0.500. The molecule has 7 heteroatoms. The first kappa shape index (κ1) is 17.4. The summed E-state index contributed by atoms with van der Waals surface area (Å²) in [5.41, 5.74) is 1.09. The van der Waals surface area contributed by atoms with E-state index in [0.717, 1.165) is 49.1 Å². The second-order valence-corrected chi connectivity index (χ2v) is 6.22. The number of nitrogens with zero attached hydrogens (tertiary/aromatic N) is 4. The molecule has 0 atom stereocenters. The number of hydrogen-bond donors (Lipinski definition) is 2. The lowest BCUT2D eigenvalue weighted by Crippen LogP contribution is -2.38. The molecule has 1 aliphatic rings. The zero-order valence-electron chi connectivity index (χ0n) is 14.6. The molecular weight excluding hydrogens is 319 g/mol. The highest BCUT2D eigenvalue weighted by Gasteiger charge is 2.14. The number of nitrogens with one attached hydrogen (secondary N) is 2. The molecule has 0 radical (unpaired) electrons. The molecule has 0 saturated carbocycles. The molecule has 0 saturated heterocycles. The van der Waals surface area contributed by atoms with E-state index in [0.29, 0.717) is 6.54 Å². The molecule has 0 fully saturated rings. The molecule has 1 aromatic carbocycles. The molecule has 3 rings (SSSR count). The van der Waals surface area contributed by atoms with Gasteiger partial charge in [-0.1, -0.05) is 18.6 Å². The number of aromatic nitrogens is 3. The highest BCUT2D eigenvalue weighted by molar-refractivity contribution is 5.79. The molecule has 1 aliphatic heterocycles. The van der Waals surface area contributed by atoms with Crippen LogP contribution in [0.1, 0.15) is 36.5 Å². The zero-order chi connectivity index (χ0) is 17.5. The normalized spacial score (nSPS) is 14.7. The van der Waals surface area contributed by atoms with E-state index >= 15 is 0 Å². The van der Waals surface area contributed by atoms with Crippen molar-refractivity contribution in [1.82, 2.24) is 25.4 Å². The van der Waals surface area contributed by atoms with Crippen molar-refractivity contribution in [3.63, 3.8) is 0 Å². The lowest BCUT2D eigenvalue weighted by atomic mass is 10.1. The van der Waals surface area contributed by atoms with E-state index in [-0.39, 0.29) is 5.82 Å². The highest BCUT2D eigenvalue weighted by atomic mass is 19.1. The molecule has 0 spiro atoms. The van der Waals surface area contributed by atoms with Crippen molar-refractivity contribution in [3.05, 3.63) is 47.3 Å². The van der Waals surface area contributed by atoms with Gasteiger partial charge < -0.3 is 15.2 Å². The van der Waals surface area contributed by atoms with E-state index < -0.39 is 0 Å². The number of benzene rings is 1. The van der Waals surface area contributed by atoms with Crippen molar-refractivity contribution >= 4 is 5.96 Å². The molecule has 2 aromatic rings. The number of rotatable bonds is 5. The predicted molar refractivity (Wildman–Crippen MR) is 95.9 cm³/mol. The van der Waals surface area contributed by atoms with Crippen molar-refractivity contribution < 1.29 is 4.39 Å². The Morgan fingerprint density at radius 3 is 2.80 bits per heavy atom. The fourth-order valence-corrected chi connectivity index (χ4v) is 3.04. The van der Waals surface area contributed by atoms with Crippen molar-refractivity contribution in [3.8, 4) is 0 Å². The molecule has 6 nitrogen and oxygen atoms in total. The Morgan fingerprint density at radius 1 is 1.16 bits per heavy atom. The van der Waals surface area contributed by atoms with Crippen LogP contribution in [0.15, 0.2) is 29.3 Å².